The minimum Gasteiger partial charge on any atom is -0.344 e. The molecule has 0 saturated heterocycles. The zero-order valence-corrected chi connectivity index (χ0v) is 16.6. The second-order valence-corrected chi connectivity index (χ2v) is 7.48. The largest absolute Gasteiger partial charge is 0.344 e. The van der Waals surface area contributed by atoms with Gasteiger partial charge in [0.2, 0.25) is 0 Å². The highest BCUT2D eigenvalue weighted by atomic mass is 32.1. The van der Waals surface area contributed by atoms with E-state index in [-0.39, 0.29) is 23.6 Å². The minimum absolute atomic E-state index is 0.184. The molecule has 2 amide bonds. The molecule has 2 aromatic carbocycles. The van der Waals surface area contributed by atoms with Gasteiger partial charge in [-0.1, -0.05) is 54.1 Å². The van der Waals surface area contributed by atoms with Crippen LogP contribution in [-0.4, -0.2) is 11.8 Å². The molecule has 0 spiro atoms. The average molecular weight is 391 g/mol. The highest BCUT2D eigenvalue weighted by Gasteiger charge is 2.17. The third-order valence-electron chi connectivity index (χ3n) is 4.25. The molecular formula is C23H22N2O2S. The van der Waals surface area contributed by atoms with Crippen LogP contribution >= 0.6 is 11.3 Å². The molecular weight excluding hydrogens is 368 g/mol. The van der Waals surface area contributed by atoms with Crippen molar-refractivity contribution in [2.24, 2.45) is 0 Å². The Bertz CT molecular complexity index is 979. The molecule has 0 aliphatic carbocycles. The summed E-state index contributed by atoms with van der Waals surface area (Å²) in [5.74, 6) is -0.639. The van der Waals surface area contributed by atoms with E-state index in [1.54, 1.807) is 18.2 Å². The Morgan fingerprint density at radius 1 is 1.00 bits per heavy atom. The third kappa shape index (κ3) is 5.18. The summed E-state index contributed by atoms with van der Waals surface area (Å²) in [4.78, 5) is 26.5. The lowest BCUT2D eigenvalue weighted by atomic mass is 10.1. The van der Waals surface area contributed by atoms with Gasteiger partial charge in [-0.05, 0) is 49.1 Å². The summed E-state index contributed by atoms with van der Waals surface area (Å²) in [7, 11) is 0. The van der Waals surface area contributed by atoms with E-state index in [0.717, 1.165) is 16.0 Å². The molecule has 5 heteroatoms. The van der Waals surface area contributed by atoms with E-state index in [4.69, 9.17) is 0 Å². The Hall–Kier alpha value is -3.18. The number of rotatable bonds is 6. The molecule has 0 radical (unpaired) electrons. The van der Waals surface area contributed by atoms with Gasteiger partial charge in [0.25, 0.3) is 11.8 Å². The number of hydrogen-bond acceptors (Lipinski definition) is 3. The summed E-state index contributed by atoms with van der Waals surface area (Å²) < 4.78 is 0. The van der Waals surface area contributed by atoms with Crippen molar-refractivity contribution in [3.8, 4) is 0 Å². The molecule has 3 rings (SSSR count). The van der Waals surface area contributed by atoms with Crippen LogP contribution in [0.4, 0.5) is 0 Å². The van der Waals surface area contributed by atoms with Gasteiger partial charge in [0.05, 0.1) is 6.04 Å². The fourth-order valence-electron chi connectivity index (χ4n) is 2.75. The zero-order chi connectivity index (χ0) is 19.9. The molecule has 1 aromatic heterocycles. The van der Waals surface area contributed by atoms with E-state index in [0.29, 0.717) is 5.56 Å². The summed E-state index contributed by atoms with van der Waals surface area (Å²) >= 11 is 1.50. The molecule has 1 atom stereocenters. The Kier molecular flexibility index (Phi) is 6.40. The second-order valence-electron chi connectivity index (χ2n) is 6.50. The first-order valence-electron chi connectivity index (χ1n) is 9.02. The van der Waals surface area contributed by atoms with Gasteiger partial charge in [-0.3, -0.25) is 9.59 Å². The predicted molar refractivity (Wildman–Crippen MR) is 114 cm³/mol. The fourth-order valence-corrected chi connectivity index (χ4v) is 3.41. The molecule has 3 aromatic rings. The summed E-state index contributed by atoms with van der Waals surface area (Å²) in [6.07, 6.45) is 1.70. The maximum atomic E-state index is 12.9. The van der Waals surface area contributed by atoms with Crippen molar-refractivity contribution in [3.63, 3.8) is 0 Å². The molecule has 0 aliphatic heterocycles. The number of carbonyl (C=O) groups is 2. The summed E-state index contributed by atoms with van der Waals surface area (Å²) in [5.41, 5.74) is 2.72. The second kappa shape index (κ2) is 9.15. The van der Waals surface area contributed by atoms with Crippen molar-refractivity contribution in [2.45, 2.75) is 19.9 Å². The van der Waals surface area contributed by atoms with Crippen LogP contribution in [0.25, 0.3) is 6.08 Å². The summed E-state index contributed by atoms with van der Waals surface area (Å²) in [5, 5.41) is 7.66. The number of benzene rings is 2. The number of aryl methyl sites for hydroxylation is 1. The van der Waals surface area contributed by atoms with Gasteiger partial charge in [0.1, 0.15) is 5.70 Å². The number of thiophene rings is 1. The number of amides is 2. The van der Waals surface area contributed by atoms with Crippen LogP contribution in [0.15, 0.2) is 77.8 Å². The lowest BCUT2D eigenvalue weighted by Gasteiger charge is -2.16. The minimum atomic E-state index is -0.328. The van der Waals surface area contributed by atoms with Gasteiger partial charge in [0, 0.05) is 10.4 Å². The van der Waals surface area contributed by atoms with E-state index in [1.807, 2.05) is 73.8 Å². The van der Waals surface area contributed by atoms with Gasteiger partial charge >= 0.3 is 0 Å². The van der Waals surface area contributed by atoms with Gasteiger partial charge in [-0.25, -0.2) is 0 Å². The first-order valence-corrected chi connectivity index (χ1v) is 9.90. The van der Waals surface area contributed by atoms with Crippen LogP contribution in [0.2, 0.25) is 0 Å². The van der Waals surface area contributed by atoms with E-state index < -0.39 is 0 Å². The Morgan fingerprint density at radius 2 is 1.79 bits per heavy atom. The van der Waals surface area contributed by atoms with Crippen LogP contribution in [0.3, 0.4) is 0 Å². The molecule has 0 bridgehead atoms. The maximum Gasteiger partial charge on any atom is 0.268 e. The molecule has 0 aliphatic rings. The topological polar surface area (TPSA) is 58.2 Å². The van der Waals surface area contributed by atoms with Crippen molar-refractivity contribution in [1.29, 1.82) is 0 Å². The number of nitrogens with one attached hydrogen (secondary N) is 2. The molecule has 0 saturated carbocycles. The van der Waals surface area contributed by atoms with Crippen LogP contribution < -0.4 is 10.6 Å². The Morgan fingerprint density at radius 3 is 2.46 bits per heavy atom. The average Bonchev–Trinajstić information content (AvgIpc) is 3.21. The van der Waals surface area contributed by atoms with E-state index in [2.05, 4.69) is 10.6 Å². The molecule has 2 N–H and O–H groups in total. The summed E-state index contributed by atoms with van der Waals surface area (Å²) in [6.45, 7) is 3.84. The van der Waals surface area contributed by atoms with E-state index in [1.165, 1.54) is 11.3 Å². The quantitative estimate of drug-likeness (QED) is 0.599. The SMILES string of the molecule is Cc1cccc(C(=O)N/C(=C\c2cccs2)C(=O)NC(C)c2ccccc2)c1. The molecule has 4 nitrogen and oxygen atoms in total. The van der Waals surface area contributed by atoms with Crippen LogP contribution in [0.1, 0.15) is 39.3 Å². The Balaban J connectivity index is 1.81. The lowest BCUT2D eigenvalue weighted by molar-refractivity contribution is -0.118. The van der Waals surface area contributed by atoms with E-state index >= 15 is 0 Å². The lowest BCUT2D eigenvalue weighted by Crippen LogP contribution is -2.36. The normalized spacial score (nSPS) is 12.3. The van der Waals surface area contributed by atoms with E-state index in [9.17, 15) is 9.59 Å². The maximum absolute atomic E-state index is 12.9. The molecule has 142 valence electrons. The van der Waals surface area contributed by atoms with Gasteiger partial charge in [-0.2, -0.15) is 0 Å². The molecule has 1 unspecified atom stereocenters. The predicted octanol–water partition coefficient (Wildman–Crippen LogP) is 4.70. The smallest absolute Gasteiger partial charge is 0.268 e. The third-order valence-corrected chi connectivity index (χ3v) is 5.07. The van der Waals surface area contributed by atoms with Crippen molar-refractivity contribution < 1.29 is 9.59 Å². The molecule has 0 fully saturated rings. The number of hydrogen-bond donors (Lipinski definition) is 2. The van der Waals surface area contributed by atoms with Crippen LogP contribution in [0, 0.1) is 6.92 Å². The highest BCUT2D eigenvalue weighted by Crippen LogP contribution is 2.16. The zero-order valence-electron chi connectivity index (χ0n) is 15.8. The van der Waals surface area contributed by atoms with Crippen molar-refractivity contribution >= 4 is 29.2 Å². The van der Waals surface area contributed by atoms with Crippen molar-refractivity contribution in [3.05, 3.63) is 99.4 Å². The molecule has 1 heterocycles. The molecule has 28 heavy (non-hydrogen) atoms. The van der Waals surface area contributed by atoms with Gasteiger partial charge in [0.15, 0.2) is 0 Å². The summed E-state index contributed by atoms with van der Waals surface area (Å²) in [6, 6.07) is 20.6. The van der Waals surface area contributed by atoms with Crippen LogP contribution in [-0.2, 0) is 4.79 Å². The van der Waals surface area contributed by atoms with Gasteiger partial charge < -0.3 is 10.6 Å². The van der Waals surface area contributed by atoms with Crippen molar-refractivity contribution in [1.82, 2.24) is 10.6 Å². The standard InChI is InChI=1S/C23H22N2O2S/c1-16-8-6-11-19(14-16)22(26)25-21(15-20-12-7-13-28-20)23(27)24-17(2)18-9-4-3-5-10-18/h3-15,17H,1-2H3,(H,24,27)(H,25,26)/b21-15-. The van der Waals surface area contributed by atoms with Crippen LogP contribution in [0.5, 0.6) is 0 Å². The first-order chi connectivity index (χ1) is 13.5. The monoisotopic (exact) mass is 390 g/mol. The van der Waals surface area contributed by atoms with Gasteiger partial charge in [-0.15, -0.1) is 11.3 Å². The Labute approximate surface area is 168 Å². The first kappa shape index (κ1) is 19.6. The van der Waals surface area contributed by atoms with Crippen molar-refractivity contribution in [2.75, 3.05) is 0 Å². The fraction of sp³-hybridized carbons (Fsp3) is 0.130. The highest BCUT2D eigenvalue weighted by molar-refractivity contribution is 7.10. The number of carbonyl (C=O) groups excluding carboxylic acids is 2.